The van der Waals surface area contributed by atoms with E-state index < -0.39 is 0 Å². The van der Waals surface area contributed by atoms with Crippen molar-refractivity contribution in [1.29, 1.82) is 0 Å². The number of nitrogens with two attached hydrogens (primary N) is 1. The smallest absolute Gasteiger partial charge is 0.215 e. The third-order valence-electron chi connectivity index (χ3n) is 3.54. The fraction of sp³-hybridized carbons (Fsp3) is 0.0625. The van der Waals surface area contributed by atoms with E-state index in [1.807, 2.05) is 53.2 Å². The number of para-hydroxylation sites is 2. The summed E-state index contributed by atoms with van der Waals surface area (Å²) in [5, 5.41) is 1.75. The normalized spacial score (nSPS) is 11.5. The van der Waals surface area contributed by atoms with Crippen molar-refractivity contribution in [2.24, 2.45) is 0 Å². The lowest BCUT2D eigenvalue weighted by atomic mass is 10.2. The molecular weight excluding hydrogens is 286 g/mol. The van der Waals surface area contributed by atoms with Crippen LogP contribution < -0.4 is 5.73 Å². The van der Waals surface area contributed by atoms with Crippen LogP contribution in [0.4, 0.5) is 5.69 Å². The highest BCUT2D eigenvalue weighted by Crippen LogP contribution is 2.27. The lowest BCUT2D eigenvalue weighted by Gasteiger charge is -2.00. The molecule has 0 unspecified atom stereocenters. The van der Waals surface area contributed by atoms with E-state index in [4.69, 9.17) is 21.8 Å². The Bertz CT molecular complexity index is 955. The maximum absolute atomic E-state index is 6.26. The van der Waals surface area contributed by atoms with Crippen LogP contribution in [-0.4, -0.2) is 9.55 Å². The van der Waals surface area contributed by atoms with Crippen molar-refractivity contribution in [2.75, 3.05) is 5.73 Å². The standard InChI is InChI=1S/C16H12ClN3O/c17-11-8-20(13-6-2-1-4-10(11)13)9-15-19-16-12(18)5-3-7-14(16)21-15/h1-8H,9,18H2. The molecule has 0 fully saturated rings. The first-order chi connectivity index (χ1) is 10.2. The molecule has 0 atom stereocenters. The number of hydrogen-bond acceptors (Lipinski definition) is 3. The van der Waals surface area contributed by atoms with E-state index >= 15 is 0 Å². The SMILES string of the molecule is Nc1cccc2oc(Cn3cc(Cl)c4ccccc43)nc12. The molecule has 4 aromatic rings. The van der Waals surface area contributed by atoms with Gasteiger partial charge in [0.1, 0.15) is 5.52 Å². The van der Waals surface area contributed by atoms with Gasteiger partial charge in [0.2, 0.25) is 5.89 Å². The van der Waals surface area contributed by atoms with Crippen LogP contribution in [-0.2, 0) is 6.54 Å². The molecule has 2 heterocycles. The highest BCUT2D eigenvalue weighted by Gasteiger charge is 2.11. The Balaban J connectivity index is 1.81. The minimum atomic E-state index is 0.515. The Kier molecular flexibility index (Phi) is 2.65. The first-order valence-electron chi connectivity index (χ1n) is 6.59. The zero-order chi connectivity index (χ0) is 14.4. The van der Waals surface area contributed by atoms with Gasteiger partial charge in [-0.2, -0.15) is 0 Å². The van der Waals surface area contributed by atoms with Gasteiger partial charge in [0.25, 0.3) is 0 Å². The maximum Gasteiger partial charge on any atom is 0.215 e. The summed E-state index contributed by atoms with van der Waals surface area (Å²) in [4.78, 5) is 4.47. The lowest BCUT2D eigenvalue weighted by Crippen LogP contribution is -1.97. The van der Waals surface area contributed by atoms with E-state index in [1.165, 1.54) is 0 Å². The molecule has 5 heteroatoms. The first-order valence-corrected chi connectivity index (χ1v) is 6.97. The van der Waals surface area contributed by atoms with Crippen molar-refractivity contribution < 1.29 is 4.42 Å². The largest absolute Gasteiger partial charge is 0.439 e. The minimum absolute atomic E-state index is 0.515. The van der Waals surface area contributed by atoms with E-state index in [-0.39, 0.29) is 0 Å². The van der Waals surface area contributed by atoms with Crippen LogP contribution in [0.2, 0.25) is 5.02 Å². The van der Waals surface area contributed by atoms with Gasteiger partial charge in [0, 0.05) is 11.6 Å². The van der Waals surface area contributed by atoms with Gasteiger partial charge in [0.15, 0.2) is 5.58 Å². The molecule has 4 rings (SSSR count). The first kappa shape index (κ1) is 12.3. The zero-order valence-corrected chi connectivity index (χ0v) is 11.8. The monoisotopic (exact) mass is 297 g/mol. The summed E-state index contributed by atoms with van der Waals surface area (Å²) in [5.41, 5.74) is 8.99. The van der Waals surface area contributed by atoms with Crippen molar-refractivity contribution in [3.8, 4) is 0 Å². The van der Waals surface area contributed by atoms with E-state index in [2.05, 4.69) is 4.98 Å². The predicted molar refractivity (Wildman–Crippen MR) is 84.5 cm³/mol. The number of hydrogen-bond donors (Lipinski definition) is 1. The number of aromatic nitrogens is 2. The van der Waals surface area contributed by atoms with Crippen LogP contribution in [0.1, 0.15) is 5.89 Å². The van der Waals surface area contributed by atoms with E-state index in [0.717, 1.165) is 15.9 Å². The van der Waals surface area contributed by atoms with Crippen molar-refractivity contribution in [3.63, 3.8) is 0 Å². The second kappa shape index (κ2) is 4.53. The number of nitrogen functional groups attached to an aromatic ring is 1. The van der Waals surface area contributed by atoms with Gasteiger partial charge in [-0.05, 0) is 18.2 Å². The summed E-state index contributed by atoms with van der Waals surface area (Å²) >= 11 is 6.26. The molecule has 0 amide bonds. The fourth-order valence-electron chi connectivity index (χ4n) is 2.56. The Morgan fingerprint density at radius 1 is 1.14 bits per heavy atom. The second-order valence-electron chi connectivity index (χ2n) is 4.92. The Labute approximate surface area is 125 Å². The maximum atomic E-state index is 6.26. The molecule has 0 saturated carbocycles. The molecule has 2 N–H and O–H groups in total. The molecule has 0 spiro atoms. The molecule has 0 aliphatic heterocycles. The molecule has 0 saturated heterocycles. The molecule has 0 radical (unpaired) electrons. The van der Waals surface area contributed by atoms with E-state index in [1.54, 1.807) is 0 Å². The van der Waals surface area contributed by atoms with Crippen LogP contribution in [0.25, 0.3) is 22.0 Å². The van der Waals surface area contributed by atoms with Crippen molar-refractivity contribution >= 4 is 39.3 Å². The highest BCUT2D eigenvalue weighted by molar-refractivity contribution is 6.35. The Morgan fingerprint density at radius 3 is 2.86 bits per heavy atom. The molecule has 0 aliphatic rings. The number of halogens is 1. The number of anilines is 1. The molecular formula is C16H12ClN3O. The summed E-state index contributed by atoms with van der Waals surface area (Å²) in [6, 6.07) is 13.5. The third-order valence-corrected chi connectivity index (χ3v) is 3.84. The lowest BCUT2D eigenvalue weighted by molar-refractivity contribution is 0.513. The molecule has 21 heavy (non-hydrogen) atoms. The van der Waals surface area contributed by atoms with Gasteiger partial charge in [-0.3, -0.25) is 0 Å². The topological polar surface area (TPSA) is 57.0 Å². The van der Waals surface area contributed by atoms with Gasteiger partial charge in [0.05, 0.1) is 22.8 Å². The number of nitrogens with zero attached hydrogens (tertiary/aromatic N) is 2. The summed E-state index contributed by atoms with van der Waals surface area (Å²) < 4.78 is 7.78. The average molecular weight is 298 g/mol. The van der Waals surface area contributed by atoms with Gasteiger partial charge >= 0.3 is 0 Å². The molecule has 2 aromatic carbocycles. The van der Waals surface area contributed by atoms with Gasteiger partial charge < -0.3 is 14.7 Å². The minimum Gasteiger partial charge on any atom is -0.439 e. The molecule has 104 valence electrons. The van der Waals surface area contributed by atoms with Gasteiger partial charge in [-0.15, -0.1) is 0 Å². The summed E-state index contributed by atoms with van der Waals surface area (Å²) in [7, 11) is 0. The Hall–Kier alpha value is -2.46. The molecule has 2 aromatic heterocycles. The van der Waals surface area contributed by atoms with E-state index in [9.17, 15) is 0 Å². The van der Waals surface area contributed by atoms with Crippen molar-refractivity contribution in [1.82, 2.24) is 9.55 Å². The van der Waals surface area contributed by atoms with Crippen LogP contribution in [0.5, 0.6) is 0 Å². The van der Waals surface area contributed by atoms with Crippen LogP contribution in [0, 0.1) is 0 Å². The predicted octanol–water partition coefficient (Wildman–Crippen LogP) is 4.07. The van der Waals surface area contributed by atoms with Crippen molar-refractivity contribution in [2.45, 2.75) is 6.54 Å². The summed E-state index contributed by atoms with van der Waals surface area (Å²) in [6.07, 6.45) is 1.89. The quantitative estimate of drug-likeness (QED) is 0.567. The number of benzene rings is 2. The molecule has 4 nitrogen and oxygen atoms in total. The number of fused-ring (bicyclic) bond motifs is 2. The van der Waals surface area contributed by atoms with Crippen LogP contribution in [0.15, 0.2) is 53.1 Å². The summed E-state index contributed by atoms with van der Waals surface area (Å²) in [5.74, 6) is 0.611. The highest BCUT2D eigenvalue weighted by atomic mass is 35.5. The number of oxazole rings is 1. The summed E-state index contributed by atoms with van der Waals surface area (Å²) in [6.45, 7) is 0.515. The Morgan fingerprint density at radius 2 is 2.00 bits per heavy atom. The second-order valence-corrected chi connectivity index (χ2v) is 5.33. The average Bonchev–Trinajstić information content (AvgIpc) is 3.03. The zero-order valence-electron chi connectivity index (χ0n) is 11.1. The van der Waals surface area contributed by atoms with Gasteiger partial charge in [-0.1, -0.05) is 35.9 Å². The van der Waals surface area contributed by atoms with E-state index in [0.29, 0.717) is 29.2 Å². The van der Waals surface area contributed by atoms with Crippen LogP contribution >= 0.6 is 11.6 Å². The van der Waals surface area contributed by atoms with Gasteiger partial charge in [-0.25, -0.2) is 4.98 Å². The van der Waals surface area contributed by atoms with Crippen molar-refractivity contribution in [3.05, 3.63) is 59.6 Å². The van der Waals surface area contributed by atoms with Crippen LogP contribution in [0.3, 0.4) is 0 Å². The third kappa shape index (κ3) is 1.96. The molecule has 0 aliphatic carbocycles. The fourth-order valence-corrected chi connectivity index (χ4v) is 2.84. The molecule has 0 bridgehead atoms. The number of rotatable bonds is 2.